The number of halogens is 1. The van der Waals surface area contributed by atoms with Crippen LogP contribution in [0.2, 0.25) is 5.02 Å². The Morgan fingerprint density at radius 2 is 1.95 bits per heavy atom. The van der Waals surface area contributed by atoms with Gasteiger partial charge in [0.2, 0.25) is 5.91 Å². The Hall–Kier alpha value is -3.41. The van der Waals surface area contributed by atoms with Gasteiger partial charge in [0.25, 0.3) is 0 Å². The molecule has 0 radical (unpaired) electrons. The molecule has 0 spiro atoms. The van der Waals surface area contributed by atoms with Gasteiger partial charge >= 0.3 is 12.1 Å². The number of piperidine rings is 1. The van der Waals surface area contributed by atoms with E-state index in [9.17, 15) is 9.59 Å². The van der Waals surface area contributed by atoms with Gasteiger partial charge in [-0.3, -0.25) is 9.36 Å². The second-order valence-electron chi connectivity index (χ2n) is 9.29. The molecule has 3 heterocycles. The van der Waals surface area contributed by atoms with Crippen molar-refractivity contribution < 1.29 is 23.8 Å². The fourth-order valence-electron chi connectivity index (χ4n) is 4.30. The summed E-state index contributed by atoms with van der Waals surface area (Å²) in [6, 6.07) is 9.02. The van der Waals surface area contributed by atoms with Crippen LogP contribution in [-0.4, -0.2) is 76.9 Å². The molecule has 2 N–H and O–H groups in total. The number of hydrogen-bond donors (Lipinski definition) is 2. The predicted octanol–water partition coefficient (Wildman–Crippen LogP) is 3.71. The van der Waals surface area contributed by atoms with Gasteiger partial charge in [-0.1, -0.05) is 17.7 Å². The lowest BCUT2D eigenvalue weighted by Gasteiger charge is -2.34. The normalized spacial score (nSPS) is 14.6. The number of aromatic nitrogens is 3. The summed E-state index contributed by atoms with van der Waals surface area (Å²) in [6.45, 7) is 6.69. The second-order valence-corrected chi connectivity index (χ2v) is 9.73. The van der Waals surface area contributed by atoms with E-state index in [0.717, 1.165) is 25.9 Å². The van der Waals surface area contributed by atoms with Crippen molar-refractivity contribution in [2.24, 2.45) is 0 Å². The zero-order valence-electron chi connectivity index (χ0n) is 21.8. The van der Waals surface area contributed by atoms with E-state index in [-0.39, 0.29) is 24.5 Å². The second kappa shape index (κ2) is 12.9. The molecule has 3 aromatic rings. The summed E-state index contributed by atoms with van der Waals surface area (Å²) >= 11 is 5.88. The number of pyridine rings is 1. The summed E-state index contributed by atoms with van der Waals surface area (Å²) in [7, 11) is 1.59. The van der Waals surface area contributed by atoms with Gasteiger partial charge in [0.1, 0.15) is 30.2 Å². The number of carbonyl (C=O) groups excluding carboxylic acids is 2. The lowest BCUT2D eigenvalue weighted by atomic mass is 10.0. The molecule has 1 fully saturated rings. The molecule has 4 rings (SSSR count). The minimum atomic E-state index is -0.619. The van der Waals surface area contributed by atoms with E-state index in [4.69, 9.17) is 25.8 Å². The molecule has 0 atom stereocenters. The molecule has 1 saturated heterocycles. The number of hydrogen-bond acceptors (Lipinski definition) is 8. The van der Waals surface area contributed by atoms with Crippen LogP contribution in [0.4, 0.5) is 10.6 Å². The van der Waals surface area contributed by atoms with Crippen molar-refractivity contribution in [3.63, 3.8) is 0 Å². The van der Waals surface area contributed by atoms with E-state index < -0.39 is 6.09 Å². The number of ether oxygens (including phenoxy) is 3. The minimum Gasteiger partial charge on any atom is -0.489 e. The number of rotatable bonds is 10. The molecule has 2 aromatic heterocycles. The van der Waals surface area contributed by atoms with Gasteiger partial charge in [-0.25, -0.2) is 9.78 Å². The van der Waals surface area contributed by atoms with Gasteiger partial charge in [-0.2, -0.15) is 4.98 Å². The summed E-state index contributed by atoms with van der Waals surface area (Å²) < 4.78 is 18.1. The van der Waals surface area contributed by atoms with E-state index in [1.807, 2.05) is 0 Å². The molecule has 38 heavy (non-hydrogen) atoms. The Bertz CT molecular complexity index is 1240. The molecule has 1 aromatic carbocycles. The van der Waals surface area contributed by atoms with Crippen molar-refractivity contribution in [2.75, 3.05) is 38.7 Å². The fraction of sp³-hybridized carbons (Fsp3) is 0.462. The van der Waals surface area contributed by atoms with Crippen LogP contribution in [0.1, 0.15) is 26.7 Å². The van der Waals surface area contributed by atoms with Gasteiger partial charge in [0, 0.05) is 38.5 Å². The molecular formula is C26H33ClN6O5. The molecule has 0 saturated carbocycles. The lowest BCUT2D eigenvalue weighted by Crippen LogP contribution is -2.47. The summed E-state index contributed by atoms with van der Waals surface area (Å²) in [4.78, 5) is 36.8. The van der Waals surface area contributed by atoms with Crippen molar-refractivity contribution in [1.82, 2.24) is 24.8 Å². The van der Waals surface area contributed by atoms with Gasteiger partial charge < -0.3 is 29.7 Å². The zero-order chi connectivity index (χ0) is 27.1. The molecule has 0 bridgehead atoms. The topological polar surface area (TPSA) is 120 Å². The Morgan fingerprint density at radius 3 is 2.63 bits per heavy atom. The number of methoxy groups -OCH3 is 1. The van der Waals surface area contributed by atoms with Crippen LogP contribution in [0.3, 0.4) is 0 Å². The number of fused-ring (bicyclic) bond motifs is 1. The average Bonchev–Trinajstić information content (AvgIpc) is 3.23. The first-order valence-corrected chi connectivity index (χ1v) is 13.0. The molecule has 11 nitrogen and oxygen atoms in total. The fourth-order valence-corrected chi connectivity index (χ4v) is 4.41. The third-order valence-electron chi connectivity index (χ3n) is 6.31. The SMILES string of the molecule is COCCOc1cccc2c1nc(OC(=O)NC1CCN(C(C)C)CC1)n2CC(=O)Nc1ccc(Cl)cn1. The average molecular weight is 545 g/mol. The highest BCUT2D eigenvalue weighted by Gasteiger charge is 2.25. The number of nitrogens with zero attached hydrogens (tertiary/aromatic N) is 4. The number of amides is 2. The summed E-state index contributed by atoms with van der Waals surface area (Å²) in [5.74, 6) is 0.459. The number of anilines is 1. The van der Waals surface area contributed by atoms with E-state index in [1.165, 1.54) is 10.8 Å². The smallest absolute Gasteiger partial charge is 0.415 e. The maximum absolute atomic E-state index is 12.9. The Kier molecular flexibility index (Phi) is 9.38. The standard InChI is InChI=1S/C26H33ClN6O5/c1-17(2)32-11-9-19(10-12-32)29-26(35)38-25-31-24-20(5-4-6-21(24)37-14-13-36-3)33(25)16-23(34)30-22-8-7-18(27)15-28-22/h4-8,15,17,19H,9-14,16H2,1-3H3,(H,29,35)(H,28,30,34). The monoisotopic (exact) mass is 544 g/mol. The van der Waals surface area contributed by atoms with Crippen molar-refractivity contribution in [1.29, 1.82) is 0 Å². The Morgan fingerprint density at radius 1 is 1.16 bits per heavy atom. The minimum absolute atomic E-state index is 0.00236. The van der Waals surface area contributed by atoms with E-state index in [2.05, 4.69) is 39.3 Å². The van der Waals surface area contributed by atoms with E-state index >= 15 is 0 Å². The lowest BCUT2D eigenvalue weighted by molar-refractivity contribution is -0.116. The molecule has 1 aliphatic rings. The number of imidazole rings is 1. The third kappa shape index (κ3) is 7.12. The summed E-state index contributed by atoms with van der Waals surface area (Å²) in [5.41, 5.74) is 1.04. The van der Waals surface area contributed by atoms with Gasteiger partial charge in [0.15, 0.2) is 0 Å². The largest absolute Gasteiger partial charge is 0.489 e. The summed E-state index contributed by atoms with van der Waals surface area (Å²) in [6.07, 6.45) is 2.49. The van der Waals surface area contributed by atoms with Crippen LogP contribution in [0, 0.1) is 0 Å². The predicted molar refractivity (Wildman–Crippen MR) is 144 cm³/mol. The maximum atomic E-state index is 12.9. The number of nitrogens with one attached hydrogen (secondary N) is 2. The number of likely N-dealkylation sites (tertiary alicyclic amines) is 1. The summed E-state index contributed by atoms with van der Waals surface area (Å²) in [5, 5.41) is 6.12. The highest BCUT2D eigenvalue weighted by atomic mass is 35.5. The molecule has 0 unspecified atom stereocenters. The molecule has 0 aliphatic carbocycles. The number of carbonyl (C=O) groups is 2. The zero-order valence-corrected chi connectivity index (χ0v) is 22.5. The maximum Gasteiger partial charge on any atom is 0.415 e. The van der Waals surface area contributed by atoms with Crippen molar-refractivity contribution in [2.45, 2.75) is 45.3 Å². The quantitative estimate of drug-likeness (QED) is 0.371. The number of benzene rings is 1. The first-order chi connectivity index (χ1) is 18.3. The van der Waals surface area contributed by atoms with Crippen LogP contribution >= 0.6 is 11.6 Å². The van der Waals surface area contributed by atoms with Crippen LogP contribution < -0.4 is 20.1 Å². The highest BCUT2D eigenvalue weighted by molar-refractivity contribution is 6.30. The molecular weight excluding hydrogens is 512 g/mol. The third-order valence-corrected chi connectivity index (χ3v) is 6.54. The molecule has 2 amide bonds. The Labute approximate surface area is 226 Å². The number of para-hydroxylation sites is 1. The molecule has 1 aliphatic heterocycles. The molecule has 204 valence electrons. The Balaban J connectivity index is 1.53. The van der Waals surface area contributed by atoms with Crippen LogP contribution in [-0.2, 0) is 16.1 Å². The molecule has 12 heteroatoms. The van der Waals surface area contributed by atoms with Crippen LogP contribution in [0.25, 0.3) is 11.0 Å². The first-order valence-electron chi connectivity index (χ1n) is 12.6. The van der Waals surface area contributed by atoms with Crippen molar-refractivity contribution in [3.05, 3.63) is 41.6 Å². The van der Waals surface area contributed by atoms with E-state index in [0.29, 0.717) is 46.9 Å². The van der Waals surface area contributed by atoms with Crippen molar-refractivity contribution >= 4 is 40.5 Å². The van der Waals surface area contributed by atoms with Crippen molar-refractivity contribution in [3.8, 4) is 11.8 Å². The van der Waals surface area contributed by atoms with Crippen LogP contribution in [0.5, 0.6) is 11.8 Å². The highest BCUT2D eigenvalue weighted by Crippen LogP contribution is 2.29. The van der Waals surface area contributed by atoms with Gasteiger partial charge in [-0.15, -0.1) is 0 Å². The van der Waals surface area contributed by atoms with Crippen LogP contribution in [0.15, 0.2) is 36.5 Å². The first kappa shape index (κ1) is 27.6. The van der Waals surface area contributed by atoms with E-state index in [1.54, 1.807) is 37.4 Å². The van der Waals surface area contributed by atoms with Gasteiger partial charge in [0.05, 0.1) is 17.1 Å². The van der Waals surface area contributed by atoms with Gasteiger partial charge in [-0.05, 0) is 51.0 Å².